The number of benzene rings is 1. The third-order valence-corrected chi connectivity index (χ3v) is 5.59. The maximum Gasteiger partial charge on any atom is 0.260 e. The lowest BCUT2D eigenvalue weighted by Gasteiger charge is -2.19. The quantitative estimate of drug-likeness (QED) is 0.628. The molecular formula is C21H27N3O2S. The van der Waals surface area contributed by atoms with Crippen LogP contribution in [0.25, 0.3) is 4.96 Å². The number of carbonyl (C=O) groups excluding carboxylic acids is 1. The van der Waals surface area contributed by atoms with Crippen molar-refractivity contribution in [2.75, 3.05) is 13.7 Å². The summed E-state index contributed by atoms with van der Waals surface area (Å²) in [6.45, 7) is 10.9. The van der Waals surface area contributed by atoms with Crippen molar-refractivity contribution in [1.82, 2.24) is 14.3 Å². The van der Waals surface area contributed by atoms with Crippen LogP contribution in [0.1, 0.15) is 47.2 Å². The van der Waals surface area contributed by atoms with Crippen molar-refractivity contribution in [3.05, 3.63) is 51.8 Å². The number of aromatic nitrogens is 2. The molecule has 0 fully saturated rings. The molecule has 5 nitrogen and oxygen atoms in total. The number of hydrogen-bond donors (Lipinski definition) is 0. The zero-order valence-electron chi connectivity index (χ0n) is 16.9. The molecule has 0 aliphatic rings. The Balaban J connectivity index is 1.69. The number of rotatable bonds is 6. The molecule has 6 heteroatoms. The smallest absolute Gasteiger partial charge is 0.260 e. The zero-order valence-corrected chi connectivity index (χ0v) is 17.7. The average Bonchev–Trinajstić information content (AvgIpc) is 3.08. The van der Waals surface area contributed by atoms with Crippen LogP contribution in [0.15, 0.2) is 24.4 Å². The minimum Gasteiger partial charge on any atom is -0.483 e. The van der Waals surface area contributed by atoms with E-state index in [9.17, 15) is 4.79 Å². The summed E-state index contributed by atoms with van der Waals surface area (Å²) in [6.07, 6.45) is 2.08. The molecule has 3 aromatic rings. The van der Waals surface area contributed by atoms with E-state index in [0.29, 0.717) is 12.5 Å². The highest BCUT2D eigenvalue weighted by Crippen LogP contribution is 2.27. The van der Waals surface area contributed by atoms with Gasteiger partial charge in [-0.3, -0.25) is 9.20 Å². The van der Waals surface area contributed by atoms with Crippen molar-refractivity contribution in [3.8, 4) is 5.75 Å². The van der Waals surface area contributed by atoms with E-state index in [0.717, 1.165) is 33.2 Å². The Hall–Kier alpha value is -2.34. The third kappa shape index (κ3) is 4.16. The highest BCUT2D eigenvalue weighted by molar-refractivity contribution is 7.17. The summed E-state index contributed by atoms with van der Waals surface area (Å²) in [4.78, 5) is 21.1. The summed E-state index contributed by atoms with van der Waals surface area (Å²) in [5.74, 6) is 1.09. The predicted octanol–water partition coefficient (Wildman–Crippen LogP) is 4.48. The Bertz CT molecular complexity index is 971. The summed E-state index contributed by atoms with van der Waals surface area (Å²) >= 11 is 1.66. The number of nitrogens with zero attached hydrogens (tertiary/aromatic N) is 3. The number of fused-ring (bicyclic) bond motifs is 1. The first kappa shape index (κ1) is 19.4. The number of likely N-dealkylation sites (N-methyl/N-ethyl adjacent to an activating group) is 1. The monoisotopic (exact) mass is 385 g/mol. The lowest BCUT2D eigenvalue weighted by Crippen LogP contribution is -2.31. The summed E-state index contributed by atoms with van der Waals surface area (Å²) in [5, 5.41) is 0. The van der Waals surface area contributed by atoms with Crippen LogP contribution in [0.4, 0.5) is 0 Å². The minimum atomic E-state index is -0.0486. The van der Waals surface area contributed by atoms with Crippen LogP contribution in [0.5, 0.6) is 5.75 Å². The zero-order chi connectivity index (χ0) is 19.7. The van der Waals surface area contributed by atoms with E-state index >= 15 is 0 Å². The highest BCUT2D eigenvalue weighted by Gasteiger charge is 2.17. The van der Waals surface area contributed by atoms with Crippen LogP contribution in [-0.2, 0) is 11.3 Å². The van der Waals surface area contributed by atoms with Crippen molar-refractivity contribution in [3.63, 3.8) is 0 Å². The first-order chi connectivity index (χ1) is 12.8. The van der Waals surface area contributed by atoms with E-state index in [1.807, 2.05) is 27.0 Å². The molecule has 0 atom stereocenters. The summed E-state index contributed by atoms with van der Waals surface area (Å²) in [7, 11) is 1.81. The van der Waals surface area contributed by atoms with Gasteiger partial charge in [0.2, 0.25) is 0 Å². The van der Waals surface area contributed by atoms with Crippen molar-refractivity contribution in [2.45, 2.75) is 47.1 Å². The molecule has 1 amide bonds. The van der Waals surface area contributed by atoms with Gasteiger partial charge >= 0.3 is 0 Å². The Morgan fingerprint density at radius 3 is 2.74 bits per heavy atom. The van der Waals surface area contributed by atoms with Gasteiger partial charge in [0.15, 0.2) is 11.6 Å². The fraction of sp³-hybridized carbons (Fsp3) is 0.429. The second-order valence-electron chi connectivity index (χ2n) is 7.37. The first-order valence-corrected chi connectivity index (χ1v) is 9.99. The number of amides is 1. The van der Waals surface area contributed by atoms with Crippen LogP contribution in [0.3, 0.4) is 0 Å². The molecule has 3 rings (SSSR count). The van der Waals surface area contributed by atoms with Gasteiger partial charge in [-0.25, -0.2) is 4.98 Å². The number of imidazole rings is 1. The number of thiazole rings is 1. The topological polar surface area (TPSA) is 46.8 Å². The first-order valence-electron chi connectivity index (χ1n) is 9.17. The second kappa shape index (κ2) is 7.72. The molecule has 0 N–H and O–H groups in total. The van der Waals surface area contributed by atoms with E-state index in [2.05, 4.69) is 48.5 Å². The minimum absolute atomic E-state index is 0.0311. The molecule has 27 heavy (non-hydrogen) atoms. The normalized spacial score (nSPS) is 11.4. The maximum absolute atomic E-state index is 12.6. The molecule has 0 aliphatic carbocycles. The van der Waals surface area contributed by atoms with Gasteiger partial charge in [-0.15, -0.1) is 11.3 Å². The van der Waals surface area contributed by atoms with Crippen LogP contribution in [0, 0.1) is 20.8 Å². The van der Waals surface area contributed by atoms with E-state index in [1.54, 1.807) is 16.2 Å². The lowest BCUT2D eigenvalue weighted by atomic mass is 10.0. The second-order valence-corrected chi connectivity index (χ2v) is 8.59. The SMILES string of the molecule is Cc1ccc(C(C)C)c(OCC(=O)N(C)Cc2c(C)nc3sc(C)cn23)c1. The van der Waals surface area contributed by atoms with Crippen LogP contribution in [0.2, 0.25) is 0 Å². The highest BCUT2D eigenvalue weighted by atomic mass is 32.1. The van der Waals surface area contributed by atoms with E-state index < -0.39 is 0 Å². The van der Waals surface area contributed by atoms with Crippen LogP contribution in [-0.4, -0.2) is 33.8 Å². The van der Waals surface area contributed by atoms with Gasteiger partial charge < -0.3 is 9.64 Å². The fourth-order valence-corrected chi connectivity index (χ4v) is 4.00. The molecule has 2 aromatic heterocycles. The lowest BCUT2D eigenvalue weighted by molar-refractivity contribution is -0.132. The molecule has 1 aromatic carbocycles. The van der Waals surface area contributed by atoms with Crippen LogP contribution >= 0.6 is 11.3 Å². The molecular weight excluding hydrogens is 358 g/mol. The van der Waals surface area contributed by atoms with E-state index in [-0.39, 0.29) is 12.5 Å². The Kier molecular flexibility index (Phi) is 5.56. The molecule has 2 heterocycles. The summed E-state index contributed by atoms with van der Waals surface area (Å²) in [5.41, 5.74) is 4.25. The molecule has 0 unspecified atom stereocenters. The van der Waals surface area contributed by atoms with E-state index in [1.165, 1.54) is 4.88 Å². The Labute approximate surface area is 164 Å². The van der Waals surface area contributed by atoms with Crippen molar-refractivity contribution >= 4 is 22.2 Å². The summed E-state index contributed by atoms with van der Waals surface area (Å²) < 4.78 is 7.97. The molecule has 144 valence electrons. The largest absolute Gasteiger partial charge is 0.483 e. The van der Waals surface area contributed by atoms with Crippen molar-refractivity contribution in [2.24, 2.45) is 0 Å². The molecule has 0 saturated heterocycles. The maximum atomic E-state index is 12.6. The molecule has 0 saturated carbocycles. The Morgan fingerprint density at radius 2 is 2.04 bits per heavy atom. The molecule has 0 radical (unpaired) electrons. The Morgan fingerprint density at radius 1 is 1.30 bits per heavy atom. The molecule has 0 aliphatic heterocycles. The number of ether oxygens (including phenoxy) is 1. The average molecular weight is 386 g/mol. The van der Waals surface area contributed by atoms with E-state index in [4.69, 9.17) is 4.74 Å². The third-order valence-electron chi connectivity index (χ3n) is 4.70. The molecule has 0 bridgehead atoms. The summed E-state index contributed by atoms with van der Waals surface area (Å²) in [6, 6.07) is 6.16. The van der Waals surface area contributed by atoms with Gasteiger partial charge in [-0.2, -0.15) is 0 Å². The number of aryl methyl sites for hydroxylation is 3. The number of hydrogen-bond acceptors (Lipinski definition) is 4. The predicted molar refractivity (Wildman–Crippen MR) is 110 cm³/mol. The van der Waals surface area contributed by atoms with Crippen molar-refractivity contribution < 1.29 is 9.53 Å². The van der Waals surface area contributed by atoms with Crippen molar-refractivity contribution in [1.29, 1.82) is 0 Å². The van der Waals surface area contributed by atoms with Gasteiger partial charge in [0.25, 0.3) is 5.91 Å². The fourth-order valence-electron chi connectivity index (χ4n) is 3.11. The van der Waals surface area contributed by atoms with Gasteiger partial charge in [-0.1, -0.05) is 26.0 Å². The molecule has 0 spiro atoms. The van der Waals surface area contributed by atoms with Gasteiger partial charge in [0.1, 0.15) is 5.75 Å². The standard InChI is InChI=1S/C21H27N3O2S/c1-13(2)17-8-7-14(3)9-19(17)26-12-20(25)23(6)11-18-16(5)22-21-24(18)10-15(4)27-21/h7-10,13H,11-12H2,1-6H3. The van der Waals surface area contributed by atoms with Gasteiger partial charge in [-0.05, 0) is 43.9 Å². The number of carbonyl (C=O) groups is 1. The van der Waals surface area contributed by atoms with Gasteiger partial charge in [0.05, 0.1) is 17.9 Å². The van der Waals surface area contributed by atoms with Crippen LogP contribution < -0.4 is 4.74 Å². The van der Waals surface area contributed by atoms with Gasteiger partial charge in [0, 0.05) is 18.1 Å².